The van der Waals surface area contributed by atoms with Crippen molar-refractivity contribution in [1.29, 1.82) is 0 Å². The molecule has 1 saturated carbocycles. The summed E-state index contributed by atoms with van der Waals surface area (Å²) in [7, 11) is 0. The molecule has 9 heteroatoms. The Morgan fingerprint density at radius 1 is 1.00 bits per heavy atom. The van der Waals surface area contributed by atoms with Gasteiger partial charge in [-0.25, -0.2) is 4.98 Å². The first-order valence-electron chi connectivity index (χ1n) is 10.6. The molecule has 1 amide bonds. The summed E-state index contributed by atoms with van der Waals surface area (Å²) in [5, 5.41) is 10.9. The van der Waals surface area contributed by atoms with E-state index in [1.807, 2.05) is 6.07 Å². The predicted molar refractivity (Wildman–Crippen MR) is 111 cm³/mol. The average Bonchev–Trinajstić information content (AvgIpc) is 3.10. The number of halogens is 3. The van der Waals surface area contributed by atoms with E-state index in [-0.39, 0.29) is 18.3 Å². The van der Waals surface area contributed by atoms with Crippen LogP contribution in [0, 0.1) is 5.41 Å². The Bertz CT molecular complexity index is 927. The molecule has 1 aromatic heterocycles. The summed E-state index contributed by atoms with van der Waals surface area (Å²) in [5.41, 5.74) is -0.901. The summed E-state index contributed by atoms with van der Waals surface area (Å²) in [4.78, 5) is 19.0. The van der Waals surface area contributed by atoms with Gasteiger partial charge in [0, 0.05) is 24.5 Å². The Balaban J connectivity index is 1.34. The van der Waals surface area contributed by atoms with Crippen LogP contribution in [-0.4, -0.2) is 47.5 Å². The number of carbonyl (C=O) groups excluding carboxylic acids is 1. The number of carbonyl (C=O) groups is 1. The number of alkyl halides is 3. The molecule has 2 aliphatic rings. The van der Waals surface area contributed by atoms with Crippen molar-refractivity contribution in [3.05, 3.63) is 48.7 Å². The largest absolute Gasteiger partial charge is 0.484 e. The zero-order valence-corrected chi connectivity index (χ0v) is 17.5. The summed E-state index contributed by atoms with van der Waals surface area (Å²) < 4.78 is 47.3. The minimum Gasteiger partial charge on any atom is -0.484 e. The fourth-order valence-electron chi connectivity index (χ4n) is 4.40. The summed E-state index contributed by atoms with van der Waals surface area (Å²) in [5.74, 6) is 0.546. The molecule has 0 bridgehead atoms. The van der Waals surface area contributed by atoms with Crippen LogP contribution in [0.25, 0.3) is 0 Å². The van der Waals surface area contributed by atoms with Gasteiger partial charge in [-0.15, -0.1) is 0 Å². The van der Waals surface area contributed by atoms with Gasteiger partial charge in [0.1, 0.15) is 12.4 Å². The molecule has 2 aromatic rings. The zero-order chi connectivity index (χ0) is 22.8. The molecule has 0 unspecified atom stereocenters. The van der Waals surface area contributed by atoms with Gasteiger partial charge in [-0.05, 0) is 62.4 Å². The van der Waals surface area contributed by atoms with E-state index in [0.29, 0.717) is 50.2 Å². The fourth-order valence-corrected chi connectivity index (χ4v) is 4.40. The maximum absolute atomic E-state index is 13.2. The predicted octanol–water partition coefficient (Wildman–Crippen LogP) is 4.13. The van der Waals surface area contributed by atoms with Crippen molar-refractivity contribution in [3.63, 3.8) is 0 Å². The molecule has 172 valence electrons. The van der Waals surface area contributed by atoms with E-state index in [9.17, 15) is 23.1 Å². The number of hydrogen-bond donors (Lipinski definition) is 1. The van der Waals surface area contributed by atoms with E-state index in [0.717, 1.165) is 0 Å². The first-order chi connectivity index (χ1) is 15.2. The van der Waals surface area contributed by atoms with Gasteiger partial charge in [0.25, 0.3) is 0 Å². The van der Waals surface area contributed by atoms with Gasteiger partial charge in [-0.3, -0.25) is 4.79 Å². The molecule has 1 saturated heterocycles. The lowest BCUT2D eigenvalue weighted by atomic mass is 9.68. The molecule has 1 spiro atoms. The second kappa shape index (κ2) is 8.61. The van der Waals surface area contributed by atoms with Crippen molar-refractivity contribution in [1.82, 2.24) is 4.98 Å². The number of aliphatic hydroxyl groups is 1. The van der Waals surface area contributed by atoms with E-state index in [4.69, 9.17) is 9.47 Å². The molecule has 0 atom stereocenters. The minimum absolute atomic E-state index is 0.00541. The van der Waals surface area contributed by atoms with E-state index >= 15 is 0 Å². The molecule has 1 aliphatic carbocycles. The quantitative estimate of drug-likeness (QED) is 0.717. The molecule has 1 N–H and O–H groups in total. The number of aromatic nitrogens is 1. The molecule has 2 fully saturated rings. The molecule has 1 aromatic carbocycles. The Labute approximate surface area is 184 Å². The lowest BCUT2D eigenvalue weighted by Gasteiger charge is -2.40. The molecular formula is C23H25F3N2O4. The monoisotopic (exact) mass is 450 g/mol. The highest BCUT2D eigenvalue weighted by Crippen LogP contribution is 2.48. The first-order valence-corrected chi connectivity index (χ1v) is 10.6. The minimum atomic E-state index is -4.40. The highest BCUT2D eigenvalue weighted by Gasteiger charge is 2.51. The number of amides is 1. The van der Waals surface area contributed by atoms with Crippen LogP contribution in [0.5, 0.6) is 11.6 Å². The molecule has 0 radical (unpaired) electrons. The molecule has 2 heterocycles. The van der Waals surface area contributed by atoms with Crippen LogP contribution >= 0.6 is 0 Å². The first kappa shape index (κ1) is 22.4. The van der Waals surface area contributed by atoms with Gasteiger partial charge in [0.15, 0.2) is 6.61 Å². The lowest BCUT2D eigenvalue weighted by Crippen LogP contribution is -2.46. The van der Waals surface area contributed by atoms with Crippen molar-refractivity contribution in [3.8, 4) is 11.6 Å². The van der Waals surface area contributed by atoms with Crippen molar-refractivity contribution >= 4 is 11.6 Å². The fraction of sp³-hybridized carbons (Fsp3) is 0.478. The van der Waals surface area contributed by atoms with Gasteiger partial charge in [0.2, 0.25) is 11.8 Å². The molecular weight excluding hydrogens is 425 g/mol. The van der Waals surface area contributed by atoms with E-state index < -0.39 is 23.8 Å². The van der Waals surface area contributed by atoms with Crippen LogP contribution in [-0.2, 0) is 4.79 Å². The van der Waals surface area contributed by atoms with Crippen LogP contribution in [0.1, 0.15) is 32.1 Å². The highest BCUT2D eigenvalue weighted by molar-refractivity contribution is 6.00. The van der Waals surface area contributed by atoms with Crippen molar-refractivity contribution in [2.75, 3.05) is 24.7 Å². The van der Waals surface area contributed by atoms with Crippen LogP contribution in [0.4, 0.5) is 18.9 Å². The average molecular weight is 450 g/mol. The molecule has 32 heavy (non-hydrogen) atoms. The van der Waals surface area contributed by atoms with E-state index in [2.05, 4.69) is 4.98 Å². The van der Waals surface area contributed by atoms with Crippen LogP contribution in [0.15, 0.2) is 48.7 Å². The Hall–Kier alpha value is -2.81. The lowest BCUT2D eigenvalue weighted by molar-refractivity contribution is -0.153. The van der Waals surface area contributed by atoms with Crippen LogP contribution in [0.3, 0.4) is 0 Å². The number of hydrogen-bond acceptors (Lipinski definition) is 5. The summed E-state index contributed by atoms with van der Waals surface area (Å²) in [6.45, 7) is -0.701. The number of nitrogens with zero attached hydrogens (tertiary/aromatic N) is 2. The Morgan fingerprint density at radius 3 is 2.34 bits per heavy atom. The number of pyridine rings is 1. The topological polar surface area (TPSA) is 71.9 Å². The normalized spacial score (nSPS) is 25.9. The zero-order valence-electron chi connectivity index (χ0n) is 17.5. The summed E-state index contributed by atoms with van der Waals surface area (Å²) >= 11 is 0. The van der Waals surface area contributed by atoms with Gasteiger partial charge in [-0.1, -0.05) is 6.07 Å². The third-order valence-electron chi connectivity index (χ3n) is 6.33. The van der Waals surface area contributed by atoms with Gasteiger partial charge in [0.05, 0.1) is 11.0 Å². The van der Waals surface area contributed by atoms with Gasteiger partial charge < -0.3 is 19.5 Å². The van der Waals surface area contributed by atoms with Crippen LogP contribution < -0.4 is 14.4 Å². The van der Waals surface area contributed by atoms with E-state index in [1.165, 1.54) is 12.1 Å². The molecule has 6 nitrogen and oxygen atoms in total. The van der Waals surface area contributed by atoms with E-state index in [1.54, 1.807) is 35.4 Å². The van der Waals surface area contributed by atoms with Crippen molar-refractivity contribution in [2.24, 2.45) is 5.41 Å². The molecule has 4 rings (SSSR count). The maximum Gasteiger partial charge on any atom is 0.422 e. The molecule has 1 aliphatic heterocycles. The number of ether oxygens (including phenoxy) is 2. The van der Waals surface area contributed by atoms with Crippen molar-refractivity contribution < 1.29 is 32.5 Å². The Kier molecular flexibility index (Phi) is 6.03. The highest BCUT2D eigenvalue weighted by atomic mass is 19.4. The van der Waals surface area contributed by atoms with Crippen LogP contribution in [0.2, 0.25) is 0 Å². The summed E-state index contributed by atoms with van der Waals surface area (Å²) in [6.07, 6.45) is -0.103. The smallest absolute Gasteiger partial charge is 0.422 e. The number of rotatable bonds is 6. The van der Waals surface area contributed by atoms with Gasteiger partial charge >= 0.3 is 6.18 Å². The third kappa shape index (κ3) is 4.98. The number of anilines is 1. The third-order valence-corrected chi connectivity index (χ3v) is 6.33. The standard InChI is InChI=1S/C23H25F3N2O4/c24-23(25,26)16-31-18-6-4-17(5-7-18)28-14-12-21(20(28)29)8-10-22(30,11-9-21)15-32-19-3-1-2-13-27-19/h1-7,13,30H,8-12,14-16H2/t21-,22+. The maximum atomic E-state index is 13.2. The Morgan fingerprint density at radius 2 is 1.72 bits per heavy atom. The SMILES string of the molecule is O=C1N(c2ccc(OCC(F)(F)F)cc2)CC[C@]12CC[C@@](O)(COc1ccccn1)CC2. The number of benzene rings is 1. The van der Waals surface area contributed by atoms with Crippen molar-refractivity contribution in [2.45, 2.75) is 43.9 Å². The summed E-state index contributed by atoms with van der Waals surface area (Å²) in [6, 6.07) is 11.4. The second-order valence-electron chi connectivity index (χ2n) is 8.57. The second-order valence-corrected chi connectivity index (χ2v) is 8.57. The van der Waals surface area contributed by atoms with Gasteiger partial charge in [-0.2, -0.15) is 13.2 Å².